The molecule has 4 rings (SSSR count). The van der Waals surface area contributed by atoms with Crippen molar-refractivity contribution in [3.63, 3.8) is 0 Å². The number of hydrogen-bond donors (Lipinski definition) is 1. The summed E-state index contributed by atoms with van der Waals surface area (Å²) >= 11 is 0. The fourth-order valence-corrected chi connectivity index (χ4v) is 4.29. The number of fused-ring (bicyclic) bond motifs is 2. The van der Waals surface area contributed by atoms with Crippen molar-refractivity contribution in [2.24, 2.45) is 17.8 Å². The lowest BCUT2D eigenvalue weighted by Crippen LogP contribution is -2.40. The highest BCUT2D eigenvalue weighted by Crippen LogP contribution is 2.40. The first-order valence-electron chi connectivity index (χ1n) is 9.38. The Kier molecular flexibility index (Phi) is 4.72. The van der Waals surface area contributed by atoms with Gasteiger partial charge in [0.05, 0.1) is 29.3 Å². The van der Waals surface area contributed by atoms with Gasteiger partial charge in [0.2, 0.25) is 5.91 Å². The Hall–Kier alpha value is -2.64. The number of hydrogen-bond acceptors (Lipinski definition) is 3. The average molecular weight is 391 g/mol. The van der Waals surface area contributed by atoms with E-state index in [0.29, 0.717) is 24.3 Å². The number of carbonyl (C=O) groups excluding carboxylic acids is 2. The second kappa shape index (κ2) is 7.07. The van der Waals surface area contributed by atoms with Gasteiger partial charge < -0.3 is 5.32 Å². The lowest BCUT2D eigenvalue weighted by Gasteiger charge is -2.36. The zero-order valence-corrected chi connectivity index (χ0v) is 15.1. The molecule has 28 heavy (non-hydrogen) atoms. The normalized spacial score (nSPS) is 24.8. The van der Waals surface area contributed by atoms with Gasteiger partial charge in [-0.1, -0.05) is 12.5 Å². The SMILES string of the molecule is O=C(Nc1cnn(-c2cccc(C(F)(F)F)c2)c1)C1C[C@H]2CCC[C@@H](C1)C2=O. The summed E-state index contributed by atoms with van der Waals surface area (Å²) in [5.41, 5.74) is -0.0814. The van der Waals surface area contributed by atoms with Crippen molar-refractivity contribution >= 4 is 17.4 Å². The molecule has 5 nitrogen and oxygen atoms in total. The van der Waals surface area contributed by atoms with E-state index in [4.69, 9.17) is 0 Å². The number of benzene rings is 1. The minimum Gasteiger partial charge on any atom is -0.323 e. The van der Waals surface area contributed by atoms with E-state index >= 15 is 0 Å². The first kappa shape index (κ1) is 18.7. The molecular formula is C20H20F3N3O2. The van der Waals surface area contributed by atoms with E-state index in [0.717, 1.165) is 31.4 Å². The van der Waals surface area contributed by atoms with Crippen molar-refractivity contribution in [2.45, 2.75) is 38.3 Å². The van der Waals surface area contributed by atoms with E-state index in [1.165, 1.54) is 29.2 Å². The highest BCUT2D eigenvalue weighted by atomic mass is 19.4. The Bertz CT molecular complexity index is 890. The summed E-state index contributed by atoms with van der Waals surface area (Å²) in [6.07, 6.45) is 2.36. The average Bonchev–Trinajstić information content (AvgIpc) is 3.09. The zero-order valence-electron chi connectivity index (χ0n) is 15.1. The van der Waals surface area contributed by atoms with Crippen molar-refractivity contribution in [3.8, 4) is 5.69 Å². The number of halogens is 3. The number of amides is 1. The third-order valence-electron chi connectivity index (χ3n) is 5.71. The number of nitrogens with zero attached hydrogens (tertiary/aromatic N) is 2. The second-order valence-electron chi connectivity index (χ2n) is 7.61. The van der Waals surface area contributed by atoms with Crippen LogP contribution in [0.15, 0.2) is 36.7 Å². The van der Waals surface area contributed by atoms with Crippen LogP contribution in [0.3, 0.4) is 0 Å². The number of alkyl halides is 3. The van der Waals surface area contributed by atoms with Crippen LogP contribution >= 0.6 is 0 Å². The third kappa shape index (κ3) is 3.68. The Morgan fingerprint density at radius 1 is 1.18 bits per heavy atom. The summed E-state index contributed by atoms with van der Waals surface area (Å²) in [6.45, 7) is 0. The van der Waals surface area contributed by atoms with Crippen LogP contribution in [0.2, 0.25) is 0 Å². The van der Waals surface area contributed by atoms with Crippen LogP contribution in [0.25, 0.3) is 5.69 Å². The van der Waals surface area contributed by atoms with E-state index < -0.39 is 11.7 Å². The van der Waals surface area contributed by atoms with Crippen molar-refractivity contribution in [1.29, 1.82) is 0 Å². The molecule has 148 valence electrons. The molecule has 8 heteroatoms. The van der Waals surface area contributed by atoms with Crippen LogP contribution in [0, 0.1) is 17.8 Å². The molecular weight excluding hydrogens is 371 g/mol. The Labute approximate surface area is 159 Å². The monoisotopic (exact) mass is 391 g/mol. The minimum absolute atomic E-state index is 0.0175. The lowest BCUT2D eigenvalue weighted by atomic mass is 9.67. The van der Waals surface area contributed by atoms with Gasteiger partial charge >= 0.3 is 6.18 Å². The molecule has 1 heterocycles. The summed E-state index contributed by atoms with van der Waals surface area (Å²) in [4.78, 5) is 24.8. The second-order valence-corrected chi connectivity index (χ2v) is 7.61. The quantitative estimate of drug-likeness (QED) is 0.852. The predicted octanol–water partition coefficient (Wildman–Crippen LogP) is 4.23. The van der Waals surface area contributed by atoms with Gasteiger partial charge in [-0.25, -0.2) is 4.68 Å². The standard InChI is InChI=1S/C20H20F3N3O2/c21-20(22,23)15-5-2-6-17(9-15)26-11-16(10-24-26)25-19(28)14-7-12-3-1-4-13(8-14)18(12)27/h2,5-6,9-14H,1,3-4,7-8H2,(H,25,28)/t12-,13+,14?. The fourth-order valence-electron chi connectivity index (χ4n) is 4.29. The summed E-state index contributed by atoms with van der Waals surface area (Å²) in [5, 5.41) is 6.85. The van der Waals surface area contributed by atoms with Crippen LogP contribution in [0.4, 0.5) is 18.9 Å². The molecule has 2 aromatic rings. The number of carbonyl (C=O) groups is 2. The molecule has 2 aliphatic carbocycles. The molecule has 3 atom stereocenters. The van der Waals surface area contributed by atoms with Gasteiger partial charge in [-0.05, 0) is 43.9 Å². The Balaban J connectivity index is 1.45. The van der Waals surface area contributed by atoms with Gasteiger partial charge in [-0.15, -0.1) is 0 Å². The molecule has 1 aromatic heterocycles. The topological polar surface area (TPSA) is 64.0 Å². The van der Waals surface area contributed by atoms with Gasteiger partial charge in [0.15, 0.2) is 0 Å². The van der Waals surface area contributed by atoms with Crippen LogP contribution in [-0.2, 0) is 15.8 Å². The van der Waals surface area contributed by atoms with Crippen LogP contribution < -0.4 is 5.32 Å². The van der Waals surface area contributed by atoms with Crippen molar-refractivity contribution in [1.82, 2.24) is 9.78 Å². The highest BCUT2D eigenvalue weighted by Gasteiger charge is 2.41. The van der Waals surface area contributed by atoms with Crippen LogP contribution in [-0.4, -0.2) is 21.5 Å². The Morgan fingerprint density at radius 2 is 1.89 bits per heavy atom. The third-order valence-corrected chi connectivity index (χ3v) is 5.71. The van der Waals surface area contributed by atoms with E-state index in [2.05, 4.69) is 10.4 Å². The van der Waals surface area contributed by atoms with Crippen molar-refractivity contribution in [3.05, 3.63) is 42.2 Å². The number of ketones is 1. The Morgan fingerprint density at radius 3 is 2.57 bits per heavy atom. The van der Waals surface area contributed by atoms with E-state index in [9.17, 15) is 22.8 Å². The van der Waals surface area contributed by atoms with Crippen LogP contribution in [0.1, 0.15) is 37.7 Å². The smallest absolute Gasteiger partial charge is 0.323 e. The number of rotatable bonds is 3. The predicted molar refractivity (Wildman–Crippen MR) is 95.8 cm³/mol. The summed E-state index contributed by atoms with van der Waals surface area (Å²) in [7, 11) is 0. The molecule has 0 saturated heterocycles. The van der Waals surface area contributed by atoms with E-state index in [1.807, 2.05) is 0 Å². The molecule has 2 bridgehead atoms. The molecule has 2 aliphatic rings. The molecule has 2 fully saturated rings. The number of Topliss-reactive ketones (excluding diaryl/α,β-unsaturated/α-hetero) is 1. The minimum atomic E-state index is -4.43. The number of anilines is 1. The molecule has 1 unspecified atom stereocenters. The molecule has 0 radical (unpaired) electrons. The molecule has 1 aromatic carbocycles. The van der Waals surface area contributed by atoms with Crippen molar-refractivity contribution in [2.75, 3.05) is 5.32 Å². The number of nitrogens with one attached hydrogen (secondary N) is 1. The van der Waals surface area contributed by atoms with E-state index in [-0.39, 0.29) is 29.3 Å². The largest absolute Gasteiger partial charge is 0.416 e. The molecule has 2 saturated carbocycles. The van der Waals surface area contributed by atoms with Gasteiger partial charge in [-0.2, -0.15) is 18.3 Å². The highest BCUT2D eigenvalue weighted by molar-refractivity contribution is 5.95. The van der Waals surface area contributed by atoms with Crippen LogP contribution in [0.5, 0.6) is 0 Å². The maximum absolute atomic E-state index is 12.9. The first-order valence-corrected chi connectivity index (χ1v) is 9.38. The first-order chi connectivity index (χ1) is 13.3. The zero-order chi connectivity index (χ0) is 19.9. The lowest BCUT2D eigenvalue weighted by molar-refractivity contribution is -0.138. The molecule has 0 spiro atoms. The summed E-state index contributed by atoms with van der Waals surface area (Å²) in [5.74, 6) is -0.113. The van der Waals surface area contributed by atoms with Gasteiger partial charge in [0.25, 0.3) is 0 Å². The maximum atomic E-state index is 12.9. The number of aromatic nitrogens is 2. The summed E-state index contributed by atoms with van der Waals surface area (Å²) in [6, 6.07) is 4.83. The van der Waals surface area contributed by atoms with Gasteiger partial charge in [0.1, 0.15) is 5.78 Å². The molecule has 1 N–H and O–H groups in total. The van der Waals surface area contributed by atoms with Crippen molar-refractivity contribution < 1.29 is 22.8 Å². The summed E-state index contributed by atoms with van der Waals surface area (Å²) < 4.78 is 39.9. The molecule has 0 aliphatic heterocycles. The van der Waals surface area contributed by atoms with E-state index in [1.54, 1.807) is 0 Å². The fraction of sp³-hybridized carbons (Fsp3) is 0.450. The molecule has 1 amide bonds. The maximum Gasteiger partial charge on any atom is 0.416 e. The van der Waals surface area contributed by atoms with Gasteiger partial charge in [-0.3, -0.25) is 9.59 Å². The van der Waals surface area contributed by atoms with Gasteiger partial charge in [0, 0.05) is 17.8 Å².